The van der Waals surface area contributed by atoms with Crippen molar-refractivity contribution in [2.24, 2.45) is 0 Å². The number of β-amino-alcohol motifs (C(OH)–C–C–N with tert-alkyl or cyclic N) is 1. The van der Waals surface area contributed by atoms with Gasteiger partial charge in [0.25, 0.3) is 11.6 Å². The van der Waals surface area contributed by atoms with E-state index in [1.165, 1.54) is 18.2 Å². The van der Waals surface area contributed by atoms with Crippen molar-refractivity contribution in [3.63, 3.8) is 0 Å². The highest BCUT2D eigenvalue weighted by atomic mass is 35.5. The second-order valence-electron chi connectivity index (χ2n) is 5.62. The van der Waals surface area contributed by atoms with Gasteiger partial charge in [-0.3, -0.25) is 14.9 Å². The van der Waals surface area contributed by atoms with Gasteiger partial charge in [0.15, 0.2) is 5.75 Å². The molecule has 1 unspecified atom stereocenters. The molecule has 2 aromatic carbocycles. The molecule has 1 atom stereocenters. The summed E-state index contributed by atoms with van der Waals surface area (Å²) in [6, 6.07) is 11.2. The molecule has 130 valence electrons. The lowest BCUT2D eigenvalue weighted by Gasteiger charge is -2.33. The van der Waals surface area contributed by atoms with Crippen LogP contribution in [-0.2, 0) is 11.2 Å². The van der Waals surface area contributed by atoms with Crippen LogP contribution in [0, 0.1) is 10.1 Å². The molecule has 1 N–H and O–H groups in total. The molecule has 7 nitrogen and oxygen atoms in total. The van der Waals surface area contributed by atoms with Gasteiger partial charge < -0.3 is 9.94 Å². The average molecular weight is 363 g/mol. The van der Waals surface area contributed by atoms with Crippen LogP contribution in [0.4, 0.5) is 5.69 Å². The second kappa shape index (κ2) is 7.08. The van der Waals surface area contributed by atoms with Crippen LogP contribution in [0.2, 0.25) is 5.02 Å². The van der Waals surface area contributed by atoms with Crippen molar-refractivity contribution >= 4 is 23.2 Å². The lowest BCUT2D eigenvalue weighted by molar-refractivity contribution is -0.385. The molecule has 0 spiro atoms. The zero-order valence-corrected chi connectivity index (χ0v) is 13.8. The molecule has 3 rings (SSSR count). The summed E-state index contributed by atoms with van der Waals surface area (Å²) < 4.78 is 0. The molecular formula is C17H15ClN2O5. The summed E-state index contributed by atoms with van der Waals surface area (Å²) >= 11 is 6.00. The average Bonchev–Trinajstić information content (AvgIpc) is 2.58. The number of hydroxylamine groups is 2. The molecule has 2 aromatic rings. The first-order valence-corrected chi connectivity index (χ1v) is 8.00. The van der Waals surface area contributed by atoms with Crippen LogP contribution in [0.25, 0.3) is 0 Å². The number of carbonyl (C=O) groups excluding carboxylic acids is 1. The number of rotatable bonds is 5. The Hall–Kier alpha value is -2.64. The summed E-state index contributed by atoms with van der Waals surface area (Å²) in [7, 11) is 0. The molecule has 0 aliphatic carbocycles. The molecule has 0 bridgehead atoms. The molecule has 0 fully saturated rings. The summed E-state index contributed by atoms with van der Waals surface area (Å²) in [5.41, 5.74) is 1.17. The van der Waals surface area contributed by atoms with Crippen molar-refractivity contribution in [3.8, 4) is 5.75 Å². The second-order valence-corrected chi connectivity index (χ2v) is 6.06. The number of nitrogens with zero attached hydrogens (tertiary/aromatic N) is 2. The van der Waals surface area contributed by atoms with Crippen LogP contribution >= 0.6 is 11.6 Å². The van der Waals surface area contributed by atoms with E-state index in [1.807, 2.05) is 6.07 Å². The van der Waals surface area contributed by atoms with Crippen molar-refractivity contribution < 1.29 is 19.7 Å². The highest BCUT2D eigenvalue weighted by Gasteiger charge is 2.36. The number of non-ortho nitro benzene ring substituents is 1. The van der Waals surface area contributed by atoms with Gasteiger partial charge in [0, 0.05) is 22.7 Å². The van der Waals surface area contributed by atoms with Gasteiger partial charge in [0.05, 0.1) is 24.0 Å². The van der Waals surface area contributed by atoms with Crippen molar-refractivity contribution in [2.45, 2.75) is 12.3 Å². The third-order valence-corrected chi connectivity index (χ3v) is 4.20. The van der Waals surface area contributed by atoms with E-state index >= 15 is 0 Å². The topological polar surface area (TPSA) is 92.9 Å². The zero-order valence-electron chi connectivity index (χ0n) is 13.1. The number of nitro groups is 1. The number of benzene rings is 2. The van der Waals surface area contributed by atoms with Crippen molar-refractivity contribution in [3.05, 3.63) is 68.7 Å². The summed E-state index contributed by atoms with van der Waals surface area (Å²) in [6.45, 7) is -0.237. The van der Waals surface area contributed by atoms with Crippen LogP contribution in [0.1, 0.15) is 17.0 Å². The fourth-order valence-electron chi connectivity index (χ4n) is 2.82. The highest BCUT2D eigenvalue weighted by molar-refractivity contribution is 6.30. The van der Waals surface area contributed by atoms with E-state index in [-0.39, 0.29) is 24.7 Å². The number of aliphatic hydroxyl groups excluding tert-OH is 1. The number of nitro benzene ring substituents is 1. The number of aliphatic hydroxyl groups is 1. The first kappa shape index (κ1) is 17.2. The number of amides is 1. The van der Waals surface area contributed by atoms with Crippen LogP contribution in [0.15, 0.2) is 42.5 Å². The Kier molecular flexibility index (Phi) is 4.87. The van der Waals surface area contributed by atoms with Gasteiger partial charge in [-0.1, -0.05) is 23.7 Å². The van der Waals surface area contributed by atoms with Crippen LogP contribution < -0.4 is 4.84 Å². The van der Waals surface area contributed by atoms with Gasteiger partial charge in [-0.25, -0.2) is 0 Å². The number of halogens is 1. The van der Waals surface area contributed by atoms with Gasteiger partial charge >= 0.3 is 0 Å². The summed E-state index contributed by atoms with van der Waals surface area (Å²) in [4.78, 5) is 28.8. The molecule has 0 saturated carbocycles. The Labute approximate surface area is 148 Å². The molecule has 1 aliphatic rings. The Morgan fingerprint density at radius 2 is 2.08 bits per heavy atom. The molecule has 0 saturated heterocycles. The maximum absolute atomic E-state index is 12.7. The van der Waals surface area contributed by atoms with E-state index in [0.29, 0.717) is 22.8 Å². The fraction of sp³-hybridized carbons (Fsp3) is 0.235. The maximum Gasteiger partial charge on any atom is 0.270 e. The molecule has 8 heteroatoms. The lowest BCUT2D eigenvalue weighted by atomic mass is 9.89. The Bertz CT molecular complexity index is 826. The van der Waals surface area contributed by atoms with Gasteiger partial charge in [0.2, 0.25) is 0 Å². The first-order valence-electron chi connectivity index (χ1n) is 7.62. The predicted molar refractivity (Wildman–Crippen MR) is 90.4 cm³/mol. The van der Waals surface area contributed by atoms with E-state index in [0.717, 1.165) is 10.6 Å². The van der Waals surface area contributed by atoms with E-state index < -0.39 is 10.8 Å². The zero-order chi connectivity index (χ0) is 18.0. The Morgan fingerprint density at radius 1 is 1.28 bits per heavy atom. The number of fused-ring (bicyclic) bond motifs is 1. The van der Waals surface area contributed by atoms with Crippen molar-refractivity contribution in [2.75, 3.05) is 13.2 Å². The van der Waals surface area contributed by atoms with Gasteiger partial charge in [0.1, 0.15) is 0 Å². The van der Waals surface area contributed by atoms with E-state index in [4.69, 9.17) is 21.5 Å². The third-order valence-electron chi connectivity index (χ3n) is 3.96. The minimum Gasteiger partial charge on any atom is -0.394 e. The van der Waals surface area contributed by atoms with Gasteiger partial charge in [-0.15, -0.1) is 0 Å². The summed E-state index contributed by atoms with van der Waals surface area (Å²) in [5.74, 6) is -0.652. The summed E-state index contributed by atoms with van der Waals surface area (Å²) in [6.07, 6.45) is 0.318. The van der Waals surface area contributed by atoms with E-state index in [2.05, 4.69) is 0 Å². The molecule has 0 radical (unpaired) electrons. The largest absolute Gasteiger partial charge is 0.394 e. The normalized spacial score (nSPS) is 16.3. The molecule has 1 amide bonds. The standard InChI is InChI=1S/C17H15ClN2O5/c18-12-3-1-2-11(8-12)9-15-14-10-13(20(23)24)4-5-16(14)25-19(6-7-21)17(15)22/h1-5,8,10,15,21H,6-7,9H2. The van der Waals surface area contributed by atoms with Crippen molar-refractivity contribution in [1.82, 2.24) is 5.06 Å². The first-order chi connectivity index (χ1) is 12.0. The van der Waals surface area contributed by atoms with Crippen LogP contribution in [-0.4, -0.2) is 34.2 Å². The Morgan fingerprint density at radius 3 is 2.76 bits per heavy atom. The van der Waals surface area contributed by atoms with E-state index in [1.54, 1.807) is 18.2 Å². The van der Waals surface area contributed by atoms with Gasteiger partial charge in [-0.2, -0.15) is 5.06 Å². The quantitative estimate of drug-likeness (QED) is 0.652. The third kappa shape index (κ3) is 3.57. The molecular weight excluding hydrogens is 348 g/mol. The minimum absolute atomic E-state index is 0.0152. The van der Waals surface area contributed by atoms with Crippen LogP contribution in [0.3, 0.4) is 0 Å². The monoisotopic (exact) mass is 362 g/mol. The number of hydrogen-bond donors (Lipinski definition) is 1. The van der Waals surface area contributed by atoms with Gasteiger partial charge in [-0.05, 0) is 30.2 Å². The molecule has 1 aliphatic heterocycles. The lowest BCUT2D eigenvalue weighted by Crippen LogP contribution is -2.43. The summed E-state index contributed by atoms with van der Waals surface area (Å²) in [5, 5.41) is 21.8. The molecule has 1 heterocycles. The SMILES string of the molecule is O=C1C(Cc2cccc(Cl)c2)c2cc([N+](=O)[O-])ccc2ON1CCO. The fourth-order valence-corrected chi connectivity index (χ4v) is 3.03. The smallest absolute Gasteiger partial charge is 0.270 e. The minimum atomic E-state index is -0.659. The van der Waals surface area contributed by atoms with Crippen molar-refractivity contribution in [1.29, 1.82) is 0 Å². The molecule has 0 aromatic heterocycles. The van der Waals surface area contributed by atoms with E-state index in [9.17, 15) is 14.9 Å². The van der Waals surface area contributed by atoms with Crippen LogP contribution in [0.5, 0.6) is 5.75 Å². The Balaban J connectivity index is 2.02. The number of hydrogen-bond acceptors (Lipinski definition) is 5. The molecule has 25 heavy (non-hydrogen) atoms. The number of carbonyl (C=O) groups is 1. The highest BCUT2D eigenvalue weighted by Crippen LogP contribution is 2.38. The predicted octanol–water partition coefficient (Wildman–Crippen LogP) is 2.70. The maximum atomic E-state index is 12.7.